The fourth-order valence-corrected chi connectivity index (χ4v) is 4.12. The van der Waals surface area contributed by atoms with E-state index in [9.17, 15) is 28.7 Å². The molecule has 0 heterocycles. The van der Waals surface area contributed by atoms with Gasteiger partial charge in [0, 0.05) is 24.5 Å². The van der Waals surface area contributed by atoms with Crippen LogP contribution in [-0.2, 0) is 9.13 Å². The molecular formula is C17H24N2O6P2. The molecule has 6 N–H and O–H groups in total. The van der Waals surface area contributed by atoms with Crippen molar-refractivity contribution in [3.8, 4) is 0 Å². The van der Waals surface area contributed by atoms with Gasteiger partial charge in [0.25, 0.3) is 0 Å². The molecule has 148 valence electrons. The first-order valence-corrected chi connectivity index (χ1v) is 11.7. The van der Waals surface area contributed by atoms with Crippen LogP contribution >= 0.6 is 15.2 Å². The summed E-state index contributed by atoms with van der Waals surface area (Å²) in [7, 11) is -8.62. The average Bonchev–Trinajstić information content (AvgIpc) is 2.60. The molecule has 8 nitrogen and oxygen atoms in total. The van der Waals surface area contributed by atoms with Crippen molar-refractivity contribution in [1.82, 2.24) is 0 Å². The van der Waals surface area contributed by atoms with E-state index >= 15 is 0 Å². The van der Waals surface area contributed by atoms with Crippen LogP contribution in [0.25, 0.3) is 0 Å². The highest BCUT2D eigenvalue weighted by atomic mass is 31.2. The average molecular weight is 414 g/mol. The van der Waals surface area contributed by atoms with Gasteiger partial charge in [0.15, 0.2) is 0 Å². The quantitative estimate of drug-likeness (QED) is 0.256. The van der Waals surface area contributed by atoms with Crippen molar-refractivity contribution >= 4 is 37.2 Å². The van der Waals surface area contributed by atoms with Gasteiger partial charge in [-0.25, -0.2) is 0 Å². The van der Waals surface area contributed by atoms with Gasteiger partial charge in [-0.05, 0) is 43.5 Å². The van der Waals surface area contributed by atoms with E-state index in [0.717, 1.165) is 19.3 Å². The highest BCUT2D eigenvalue weighted by molar-refractivity contribution is 7.61. The monoisotopic (exact) mass is 414 g/mol. The number of hydrogen-bond acceptors (Lipinski definition) is 4. The summed E-state index contributed by atoms with van der Waals surface area (Å²) < 4.78 is 22.9. The van der Waals surface area contributed by atoms with Gasteiger partial charge in [-0.2, -0.15) is 0 Å². The molecule has 2 rings (SSSR count). The van der Waals surface area contributed by atoms with Gasteiger partial charge < -0.3 is 30.2 Å². The van der Waals surface area contributed by atoms with Crippen LogP contribution < -0.4 is 21.2 Å². The van der Waals surface area contributed by atoms with Crippen LogP contribution in [0.15, 0.2) is 48.5 Å². The second-order valence-corrected chi connectivity index (χ2v) is 9.18. The van der Waals surface area contributed by atoms with E-state index in [1.54, 1.807) is 36.4 Å². The first-order chi connectivity index (χ1) is 12.7. The number of rotatable bonds is 10. The molecule has 2 aromatic carbocycles. The number of anilines is 2. The molecule has 0 radical (unpaired) electrons. The molecule has 0 unspecified atom stereocenters. The predicted molar refractivity (Wildman–Crippen MR) is 107 cm³/mol. The topological polar surface area (TPSA) is 139 Å². The molecule has 0 saturated carbocycles. The lowest BCUT2D eigenvalue weighted by Crippen LogP contribution is -2.14. The van der Waals surface area contributed by atoms with Crippen LogP contribution in [0.1, 0.15) is 19.3 Å². The Bertz CT molecular complexity index is 779. The Morgan fingerprint density at radius 1 is 0.630 bits per heavy atom. The Balaban J connectivity index is 1.74. The third-order valence-electron chi connectivity index (χ3n) is 3.92. The minimum atomic E-state index is -4.31. The van der Waals surface area contributed by atoms with Crippen molar-refractivity contribution in [3.05, 3.63) is 48.5 Å². The van der Waals surface area contributed by atoms with Crippen molar-refractivity contribution in [2.45, 2.75) is 19.3 Å². The number of benzene rings is 2. The zero-order chi connectivity index (χ0) is 19.9. The fraction of sp³-hybridized carbons (Fsp3) is 0.294. The van der Waals surface area contributed by atoms with Crippen LogP contribution in [0.2, 0.25) is 0 Å². The maximum atomic E-state index is 11.5. The summed E-state index contributed by atoms with van der Waals surface area (Å²) in [5.74, 6) is 0. The van der Waals surface area contributed by atoms with Gasteiger partial charge in [0.2, 0.25) is 0 Å². The Morgan fingerprint density at radius 3 is 1.37 bits per heavy atom. The van der Waals surface area contributed by atoms with Crippen molar-refractivity contribution in [3.63, 3.8) is 0 Å². The van der Waals surface area contributed by atoms with Gasteiger partial charge >= 0.3 is 15.2 Å². The van der Waals surface area contributed by atoms with Gasteiger partial charge in [-0.3, -0.25) is 9.13 Å². The van der Waals surface area contributed by atoms with E-state index in [2.05, 4.69) is 10.6 Å². The van der Waals surface area contributed by atoms with Crippen LogP contribution in [0.4, 0.5) is 11.4 Å². The van der Waals surface area contributed by atoms with Gasteiger partial charge in [0.05, 0.1) is 10.6 Å². The molecule has 10 heteroatoms. The summed E-state index contributed by atoms with van der Waals surface area (Å²) >= 11 is 0. The summed E-state index contributed by atoms with van der Waals surface area (Å²) in [6, 6.07) is 12.7. The zero-order valence-corrected chi connectivity index (χ0v) is 16.4. The maximum Gasteiger partial charge on any atom is 0.358 e. The van der Waals surface area contributed by atoms with E-state index in [-0.39, 0.29) is 10.6 Å². The fourth-order valence-electron chi connectivity index (χ4n) is 2.63. The number of para-hydroxylation sites is 2. The summed E-state index contributed by atoms with van der Waals surface area (Å²) in [5.41, 5.74) is 0.860. The Hall–Kier alpha value is -1.66. The first kappa shape index (κ1) is 21.6. The molecule has 0 aromatic heterocycles. The first-order valence-electron chi connectivity index (χ1n) is 8.47. The summed E-state index contributed by atoms with van der Waals surface area (Å²) in [5, 5.41) is 6.06. The molecule has 0 spiro atoms. The third-order valence-corrected chi connectivity index (χ3v) is 5.96. The highest BCUT2D eigenvalue weighted by Crippen LogP contribution is 2.37. The molecule has 0 saturated heterocycles. The lowest BCUT2D eigenvalue weighted by Gasteiger charge is -2.14. The molecule has 0 amide bonds. The van der Waals surface area contributed by atoms with Crippen molar-refractivity contribution in [2.75, 3.05) is 23.7 Å². The minimum Gasteiger partial charge on any atom is -0.384 e. The Morgan fingerprint density at radius 2 is 1.00 bits per heavy atom. The molecule has 0 fully saturated rings. The third kappa shape index (κ3) is 6.78. The standard InChI is InChI=1S/C17H24N2O6P2/c20-26(21,22)16-10-4-2-8-14(16)18-12-6-1-7-13-19-15-9-3-5-11-17(15)27(23,24)25/h2-5,8-11,18-19H,1,6-7,12-13H2,(H2,20,21,22)(H2,23,24,25). The Kier molecular flexibility index (Phi) is 7.62. The molecule has 0 bridgehead atoms. The smallest absolute Gasteiger partial charge is 0.358 e. The predicted octanol–water partition coefficient (Wildman–Crippen LogP) is 1.99. The van der Waals surface area contributed by atoms with Gasteiger partial charge in [0.1, 0.15) is 0 Å². The molecule has 0 aliphatic carbocycles. The van der Waals surface area contributed by atoms with E-state index in [0.29, 0.717) is 24.5 Å². The molecule has 0 aliphatic heterocycles. The molecule has 2 aromatic rings. The van der Waals surface area contributed by atoms with Gasteiger partial charge in [-0.1, -0.05) is 24.3 Å². The molecular weight excluding hydrogens is 390 g/mol. The minimum absolute atomic E-state index is 0.0132. The second kappa shape index (κ2) is 9.51. The zero-order valence-electron chi connectivity index (χ0n) is 14.7. The van der Waals surface area contributed by atoms with E-state index in [4.69, 9.17) is 0 Å². The van der Waals surface area contributed by atoms with E-state index in [1.165, 1.54) is 12.1 Å². The normalized spacial score (nSPS) is 12.0. The van der Waals surface area contributed by atoms with Crippen molar-refractivity contribution in [2.24, 2.45) is 0 Å². The maximum absolute atomic E-state index is 11.5. The highest BCUT2D eigenvalue weighted by Gasteiger charge is 2.21. The molecule has 27 heavy (non-hydrogen) atoms. The lowest BCUT2D eigenvalue weighted by atomic mass is 10.2. The van der Waals surface area contributed by atoms with Crippen LogP contribution in [0.3, 0.4) is 0 Å². The molecule has 0 aliphatic rings. The van der Waals surface area contributed by atoms with Gasteiger partial charge in [-0.15, -0.1) is 0 Å². The summed E-state index contributed by atoms with van der Waals surface area (Å²) in [6.45, 7) is 1.13. The number of hydrogen-bond donors (Lipinski definition) is 6. The largest absolute Gasteiger partial charge is 0.384 e. The van der Waals surface area contributed by atoms with Crippen molar-refractivity contribution < 1.29 is 28.7 Å². The van der Waals surface area contributed by atoms with Crippen molar-refractivity contribution in [1.29, 1.82) is 0 Å². The molecule has 0 atom stereocenters. The lowest BCUT2D eigenvalue weighted by molar-refractivity contribution is 0.385. The van der Waals surface area contributed by atoms with E-state index in [1.807, 2.05) is 0 Å². The summed E-state index contributed by atoms with van der Waals surface area (Å²) in [6.07, 6.45) is 2.42. The van der Waals surface area contributed by atoms with Crippen LogP contribution in [-0.4, -0.2) is 32.7 Å². The van der Waals surface area contributed by atoms with E-state index < -0.39 is 15.2 Å². The van der Waals surface area contributed by atoms with Crippen LogP contribution in [0, 0.1) is 0 Å². The Labute approximate surface area is 158 Å². The summed E-state index contributed by atoms with van der Waals surface area (Å²) in [4.78, 5) is 37.4. The number of unbranched alkanes of at least 4 members (excludes halogenated alkanes) is 2. The SMILES string of the molecule is O=P(O)(O)c1ccccc1NCCCCCNc1ccccc1P(=O)(O)O. The number of nitrogens with one attached hydrogen (secondary N) is 2. The van der Waals surface area contributed by atoms with Crippen LogP contribution in [0.5, 0.6) is 0 Å². The second-order valence-electron chi connectivity index (χ2n) is 6.04.